The number of Topliss-reactive ketones (excluding diaryl/α,β-unsaturated/α-hetero) is 1. The van der Waals surface area contributed by atoms with Gasteiger partial charge in [-0.05, 0) is 43.5 Å². The van der Waals surface area contributed by atoms with Gasteiger partial charge in [-0.15, -0.1) is 0 Å². The van der Waals surface area contributed by atoms with Crippen molar-refractivity contribution in [1.29, 1.82) is 0 Å². The van der Waals surface area contributed by atoms with Crippen molar-refractivity contribution in [3.05, 3.63) is 29.8 Å². The molecule has 0 radical (unpaired) electrons. The van der Waals surface area contributed by atoms with Crippen LogP contribution in [0.3, 0.4) is 0 Å². The summed E-state index contributed by atoms with van der Waals surface area (Å²) in [4.78, 5) is 25.4. The highest BCUT2D eigenvalue weighted by molar-refractivity contribution is 5.94. The monoisotopic (exact) mass is 374 g/mol. The van der Waals surface area contributed by atoms with Crippen LogP contribution in [-0.4, -0.2) is 50.6 Å². The van der Waals surface area contributed by atoms with Crippen LogP contribution in [0.1, 0.15) is 37.7 Å². The molecule has 0 spiro atoms. The van der Waals surface area contributed by atoms with Crippen molar-refractivity contribution >= 4 is 11.7 Å². The molecule has 1 heterocycles. The van der Waals surface area contributed by atoms with Gasteiger partial charge in [-0.1, -0.05) is 37.8 Å². The summed E-state index contributed by atoms with van der Waals surface area (Å²) < 4.78 is 10.3. The summed E-state index contributed by atoms with van der Waals surface area (Å²) in [5, 5.41) is 6.08. The number of amides is 1. The Balaban J connectivity index is 1.61. The van der Waals surface area contributed by atoms with Crippen molar-refractivity contribution < 1.29 is 19.1 Å². The third-order valence-electron chi connectivity index (χ3n) is 5.62. The zero-order valence-corrected chi connectivity index (χ0v) is 16.2. The van der Waals surface area contributed by atoms with Crippen LogP contribution in [0.4, 0.5) is 0 Å². The number of nitrogens with one attached hydrogen (secondary N) is 2. The SMILES string of the molecule is CNC(Cc1ccc(OC)cc1)C(=O)NC(CC1CCCC1)C(=O)C1CO1. The molecule has 3 atom stereocenters. The van der Waals surface area contributed by atoms with E-state index in [1.807, 2.05) is 24.3 Å². The number of rotatable bonds is 10. The summed E-state index contributed by atoms with van der Waals surface area (Å²) in [5.41, 5.74) is 1.04. The highest BCUT2D eigenvalue weighted by atomic mass is 16.6. The molecular weight excluding hydrogens is 344 g/mol. The molecule has 6 heteroatoms. The number of hydrogen-bond donors (Lipinski definition) is 2. The summed E-state index contributed by atoms with van der Waals surface area (Å²) >= 11 is 0. The second-order valence-corrected chi connectivity index (χ2v) is 7.57. The number of carbonyl (C=O) groups excluding carboxylic acids is 2. The number of hydrogen-bond acceptors (Lipinski definition) is 5. The Hall–Kier alpha value is -1.92. The number of likely N-dealkylation sites (N-methyl/N-ethyl adjacent to an activating group) is 1. The second kappa shape index (κ2) is 9.33. The van der Waals surface area contributed by atoms with Crippen LogP contribution in [0.15, 0.2) is 24.3 Å². The highest BCUT2D eigenvalue weighted by Gasteiger charge is 2.38. The molecule has 0 bridgehead atoms. The highest BCUT2D eigenvalue weighted by Crippen LogP contribution is 2.30. The lowest BCUT2D eigenvalue weighted by Crippen LogP contribution is -2.51. The summed E-state index contributed by atoms with van der Waals surface area (Å²) in [6.45, 7) is 0.483. The molecule has 1 aromatic rings. The smallest absolute Gasteiger partial charge is 0.238 e. The molecule has 2 aliphatic rings. The van der Waals surface area contributed by atoms with Crippen LogP contribution in [0.25, 0.3) is 0 Å². The molecule has 2 N–H and O–H groups in total. The maximum atomic E-state index is 12.8. The van der Waals surface area contributed by atoms with Crippen LogP contribution in [0, 0.1) is 5.92 Å². The Morgan fingerprint density at radius 3 is 2.41 bits per heavy atom. The first kappa shape index (κ1) is 19.8. The molecule has 1 saturated heterocycles. The average Bonchev–Trinajstić information content (AvgIpc) is 3.42. The number of carbonyl (C=O) groups is 2. The topological polar surface area (TPSA) is 80.0 Å². The van der Waals surface area contributed by atoms with E-state index in [-0.39, 0.29) is 17.8 Å². The van der Waals surface area contributed by atoms with E-state index in [9.17, 15) is 9.59 Å². The van der Waals surface area contributed by atoms with Gasteiger partial charge in [-0.3, -0.25) is 9.59 Å². The first-order chi connectivity index (χ1) is 13.1. The van der Waals surface area contributed by atoms with Gasteiger partial charge in [0.05, 0.1) is 25.8 Å². The van der Waals surface area contributed by atoms with Gasteiger partial charge in [0, 0.05) is 0 Å². The van der Waals surface area contributed by atoms with Crippen molar-refractivity contribution in [3.63, 3.8) is 0 Å². The predicted molar refractivity (Wildman–Crippen MR) is 103 cm³/mol. The fourth-order valence-corrected chi connectivity index (χ4v) is 3.86. The van der Waals surface area contributed by atoms with E-state index in [4.69, 9.17) is 9.47 Å². The largest absolute Gasteiger partial charge is 0.497 e. The van der Waals surface area contributed by atoms with Gasteiger partial charge in [0.25, 0.3) is 0 Å². The van der Waals surface area contributed by atoms with Crippen LogP contribution < -0.4 is 15.4 Å². The van der Waals surface area contributed by atoms with Crippen molar-refractivity contribution in [3.8, 4) is 5.75 Å². The number of methoxy groups -OCH3 is 1. The molecule has 1 amide bonds. The number of ketones is 1. The van der Waals surface area contributed by atoms with Crippen molar-refractivity contribution in [2.45, 2.75) is 56.7 Å². The molecular formula is C21H30N2O4. The molecule has 1 saturated carbocycles. The van der Waals surface area contributed by atoms with Gasteiger partial charge in [-0.2, -0.15) is 0 Å². The van der Waals surface area contributed by atoms with E-state index in [2.05, 4.69) is 10.6 Å². The lowest BCUT2D eigenvalue weighted by Gasteiger charge is -2.23. The molecule has 0 aromatic heterocycles. The Bertz CT molecular complexity index is 636. The summed E-state index contributed by atoms with van der Waals surface area (Å²) in [6.07, 6.45) is 5.68. The normalized spacial score (nSPS) is 21.5. The Labute approximate surface area is 161 Å². The van der Waals surface area contributed by atoms with E-state index in [0.29, 0.717) is 18.9 Å². The minimum absolute atomic E-state index is 0.0227. The number of epoxide rings is 1. The van der Waals surface area contributed by atoms with E-state index in [1.54, 1.807) is 14.2 Å². The van der Waals surface area contributed by atoms with Gasteiger partial charge in [-0.25, -0.2) is 0 Å². The fourth-order valence-electron chi connectivity index (χ4n) is 3.86. The van der Waals surface area contributed by atoms with Gasteiger partial charge in [0.15, 0.2) is 5.78 Å². The average molecular weight is 374 g/mol. The van der Waals surface area contributed by atoms with Crippen LogP contribution in [0.2, 0.25) is 0 Å². The van der Waals surface area contributed by atoms with Crippen LogP contribution in [-0.2, 0) is 20.7 Å². The minimum atomic E-state index is -0.445. The maximum Gasteiger partial charge on any atom is 0.238 e. The first-order valence-corrected chi connectivity index (χ1v) is 9.86. The van der Waals surface area contributed by atoms with Crippen molar-refractivity contribution in [2.24, 2.45) is 5.92 Å². The fraction of sp³-hybridized carbons (Fsp3) is 0.619. The molecule has 3 unspecified atom stereocenters. The molecule has 1 aliphatic heterocycles. The zero-order chi connectivity index (χ0) is 19.2. The number of ether oxygens (including phenoxy) is 2. The van der Waals surface area contributed by atoms with E-state index in [1.165, 1.54) is 12.8 Å². The van der Waals surface area contributed by atoms with Crippen molar-refractivity contribution in [1.82, 2.24) is 10.6 Å². The Kier molecular flexibility index (Phi) is 6.85. The van der Waals surface area contributed by atoms with Crippen LogP contribution >= 0.6 is 0 Å². The van der Waals surface area contributed by atoms with E-state index >= 15 is 0 Å². The predicted octanol–water partition coefficient (Wildman–Crippen LogP) is 1.86. The third-order valence-corrected chi connectivity index (χ3v) is 5.62. The molecule has 3 rings (SSSR count). The lowest BCUT2D eigenvalue weighted by atomic mass is 9.94. The molecule has 2 fully saturated rings. The quantitative estimate of drug-likeness (QED) is 0.611. The molecule has 6 nitrogen and oxygen atoms in total. The molecule has 1 aliphatic carbocycles. The summed E-state index contributed by atoms with van der Waals surface area (Å²) in [6, 6.07) is 6.84. The molecule has 148 valence electrons. The summed E-state index contributed by atoms with van der Waals surface area (Å²) in [7, 11) is 3.40. The first-order valence-electron chi connectivity index (χ1n) is 9.86. The van der Waals surface area contributed by atoms with Gasteiger partial charge >= 0.3 is 0 Å². The second-order valence-electron chi connectivity index (χ2n) is 7.57. The summed E-state index contributed by atoms with van der Waals surface area (Å²) in [5.74, 6) is 1.20. The third kappa shape index (κ3) is 5.53. The number of benzene rings is 1. The van der Waals surface area contributed by atoms with E-state index < -0.39 is 12.1 Å². The maximum absolute atomic E-state index is 12.8. The lowest BCUT2D eigenvalue weighted by molar-refractivity contribution is -0.129. The standard InChI is InChI=1S/C21H30N2O4/c1-22-18(12-15-7-9-16(26-2)10-8-15)21(25)23-17(20(24)19-13-27-19)11-14-5-3-4-6-14/h7-10,14,17-19,22H,3-6,11-13H2,1-2H3,(H,23,25). The Morgan fingerprint density at radius 2 is 1.85 bits per heavy atom. The van der Waals surface area contributed by atoms with Crippen molar-refractivity contribution in [2.75, 3.05) is 20.8 Å². The zero-order valence-electron chi connectivity index (χ0n) is 16.2. The van der Waals surface area contributed by atoms with Gasteiger partial charge < -0.3 is 20.1 Å². The van der Waals surface area contributed by atoms with Gasteiger partial charge in [0.2, 0.25) is 5.91 Å². The minimum Gasteiger partial charge on any atom is -0.497 e. The van der Waals surface area contributed by atoms with Crippen LogP contribution in [0.5, 0.6) is 5.75 Å². The molecule has 1 aromatic carbocycles. The molecule has 27 heavy (non-hydrogen) atoms. The van der Waals surface area contributed by atoms with Gasteiger partial charge in [0.1, 0.15) is 11.9 Å². The van der Waals surface area contributed by atoms with E-state index in [0.717, 1.165) is 30.6 Å². The Morgan fingerprint density at radius 1 is 1.19 bits per heavy atom.